The number of hydrogen-bond donors (Lipinski definition) is 2. The van der Waals surface area contributed by atoms with Gasteiger partial charge in [-0.15, -0.1) is 11.3 Å². The van der Waals surface area contributed by atoms with E-state index in [0.29, 0.717) is 5.56 Å². The first-order chi connectivity index (χ1) is 8.52. The number of nitrogens with zero attached hydrogens (tertiary/aromatic N) is 1. The number of aromatic nitrogens is 1. The van der Waals surface area contributed by atoms with Gasteiger partial charge in [-0.3, -0.25) is 4.79 Å². The lowest BCUT2D eigenvalue weighted by Gasteiger charge is -2.06. The molecule has 0 saturated heterocycles. The Morgan fingerprint density at radius 1 is 1.33 bits per heavy atom. The molecule has 0 aliphatic heterocycles. The van der Waals surface area contributed by atoms with Crippen molar-refractivity contribution in [3.8, 4) is 0 Å². The number of nitrogens with two attached hydrogens (primary N) is 1. The van der Waals surface area contributed by atoms with E-state index in [1.165, 1.54) is 23.6 Å². The molecule has 6 heteroatoms. The van der Waals surface area contributed by atoms with Crippen LogP contribution >= 0.6 is 11.3 Å². The molecule has 2 rings (SSSR count). The number of hydrogen-bond acceptors (Lipinski definition) is 5. The molecule has 0 bridgehead atoms. The molecule has 0 atom stereocenters. The molecule has 0 spiro atoms. The van der Waals surface area contributed by atoms with Gasteiger partial charge in [0, 0.05) is 22.2 Å². The van der Waals surface area contributed by atoms with E-state index in [1.54, 1.807) is 11.4 Å². The van der Waals surface area contributed by atoms with Crippen molar-refractivity contribution in [2.45, 2.75) is 6.92 Å². The van der Waals surface area contributed by atoms with Gasteiger partial charge in [-0.25, -0.2) is 9.78 Å². The molecule has 5 nitrogen and oxygen atoms in total. The molecule has 0 radical (unpaired) electrons. The van der Waals surface area contributed by atoms with Crippen LogP contribution in [0.3, 0.4) is 0 Å². The van der Waals surface area contributed by atoms with Gasteiger partial charge in [0.1, 0.15) is 11.4 Å². The Morgan fingerprint density at radius 3 is 2.61 bits per heavy atom. The quantitative estimate of drug-likeness (QED) is 0.825. The van der Waals surface area contributed by atoms with Crippen LogP contribution in [0.1, 0.15) is 31.2 Å². The van der Waals surface area contributed by atoms with E-state index < -0.39 is 5.97 Å². The fraction of sp³-hybridized carbons (Fsp3) is 0.0833. The zero-order valence-electron chi connectivity index (χ0n) is 9.51. The van der Waals surface area contributed by atoms with Gasteiger partial charge in [-0.2, -0.15) is 0 Å². The Hall–Kier alpha value is -2.21. The van der Waals surface area contributed by atoms with Crippen molar-refractivity contribution in [1.29, 1.82) is 0 Å². The normalized spacial score (nSPS) is 10.3. The van der Waals surface area contributed by atoms with E-state index in [2.05, 4.69) is 4.98 Å². The zero-order valence-corrected chi connectivity index (χ0v) is 10.3. The molecule has 18 heavy (non-hydrogen) atoms. The number of rotatable bonds is 3. The Bertz CT molecular complexity index is 634. The molecular weight excluding hydrogens is 252 g/mol. The Labute approximate surface area is 107 Å². The number of ketones is 1. The number of nitrogen functional groups attached to an aromatic ring is 1. The minimum atomic E-state index is -1.25. The molecule has 0 aromatic carbocycles. The predicted molar refractivity (Wildman–Crippen MR) is 68.1 cm³/mol. The van der Waals surface area contributed by atoms with Gasteiger partial charge in [0.2, 0.25) is 0 Å². The van der Waals surface area contributed by atoms with E-state index in [0.717, 1.165) is 4.88 Å². The third-order valence-corrected chi connectivity index (χ3v) is 3.39. The number of thiophene rings is 1. The van der Waals surface area contributed by atoms with Gasteiger partial charge in [0.05, 0.1) is 0 Å². The third kappa shape index (κ3) is 1.98. The summed E-state index contributed by atoms with van der Waals surface area (Å²) in [5.41, 5.74) is 5.83. The largest absolute Gasteiger partial charge is 0.478 e. The summed E-state index contributed by atoms with van der Waals surface area (Å²) in [5.74, 6) is -1.75. The van der Waals surface area contributed by atoms with Crippen molar-refractivity contribution in [3.05, 3.63) is 45.3 Å². The Kier molecular flexibility index (Phi) is 3.12. The molecular formula is C12H10N2O3S. The summed E-state index contributed by atoms with van der Waals surface area (Å²) in [6.07, 6.45) is 1.33. The fourth-order valence-electron chi connectivity index (χ4n) is 1.66. The molecule has 0 unspecified atom stereocenters. The van der Waals surface area contributed by atoms with Crippen LogP contribution in [-0.4, -0.2) is 21.8 Å². The van der Waals surface area contributed by atoms with Gasteiger partial charge in [0.15, 0.2) is 5.78 Å². The SMILES string of the molecule is Cc1sccc1C(=O)c1ccnc(N)c1C(=O)O. The molecule has 0 aliphatic carbocycles. The van der Waals surface area contributed by atoms with Crippen LogP contribution in [0.4, 0.5) is 5.82 Å². The van der Waals surface area contributed by atoms with Crippen LogP contribution in [0.25, 0.3) is 0 Å². The van der Waals surface area contributed by atoms with E-state index in [9.17, 15) is 9.59 Å². The van der Waals surface area contributed by atoms with Gasteiger partial charge in [0.25, 0.3) is 0 Å². The van der Waals surface area contributed by atoms with Crippen LogP contribution in [0.5, 0.6) is 0 Å². The second kappa shape index (κ2) is 4.58. The van der Waals surface area contributed by atoms with Crippen LogP contribution < -0.4 is 5.73 Å². The number of carboxylic acids is 1. The topological polar surface area (TPSA) is 93.3 Å². The Balaban J connectivity index is 2.59. The minimum absolute atomic E-state index is 0.0662. The van der Waals surface area contributed by atoms with E-state index in [4.69, 9.17) is 10.8 Å². The smallest absolute Gasteiger partial charge is 0.340 e. The van der Waals surface area contributed by atoms with E-state index >= 15 is 0 Å². The summed E-state index contributed by atoms with van der Waals surface area (Å²) in [7, 11) is 0. The summed E-state index contributed by atoms with van der Waals surface area (Å²) in [6.45, 7) is 1.81. The van der Waals surface area contributed by atoms with Crippen molar-refractivity contribution >= 4 is 28.9 Å². The van der Waals surface area contributed by atoms with Crippen molar-refractivity contribution < 1.29 is 14.7 Å². The number of anilines is 1. The highest BCUT2D eigenvalue weighted by Crippen LogP contribution is 2.23. The average Bonchev–Trinajstić information content (AvgIpc) is 2.73. The molecule has 3 N–H and O–H groups in total. The number of aromatic carboxylic acids is 1. The number of pyridine rings is 1. The maximum absolute atomic E-state index is 12.3. The van der Waals surface area contributed by atoms with Crippen LogP contribution in [0.2, 0.25) is 0 Å². The second-order valence-electron chi connectivity index (χ2n) is 3.64. The lowest BCUT2D eigenvalue weighted by Crippen LogP contribution is -2.13. The first kappa shape index (κ1) is 12.3. The summed E-state index contributed by atoms with van der Waals surface area (Å²) in [6, 6.07) is 3.05. The molecule has 2 heterocycles. The summed E-state index contributed by atoms with van der Waals surface area (Å²) in [5, 5.41) is 10.9. The van der Waals surface area contributed by atoms with Crippen molar-refractivity contribution in [2.75, 3.05) is 5.73 Å². The summed E-state index contributed by atoms with van der Waals surface area (Å²) < 4.78 is 0. The summed E-state index contributed by atoms with van der Waals surface area (Å²) in [4.78, 5) is 27.9. The number of carboxylic acid groups (broad SMARTS) is 1. The number of carbonyl (C=O) groups is 2. The van der Waals surface area contributed by atoms with Crippen LogP contribution in [0.15, 0.2) is 23.7 Å². The van der Waals surface area contributed by atoms with E-state index in [1.807, 2.05) is 6.92 Å². The molecule has 2 aromatic heterocycles. The number of carbonyl (C=O) groups excluding carboxylic acids is 1. The highest BCUT2D eigenvalue weighted by Gasteiger charge is 2.22. The van der Waals surface area contributed by atoms with Crippen molar-refractivity contribution in [2.24, 2.45) is 0 Å². The first-order valence-electron chi connectivity index (χ1n) is 5.09. The number of aryl methyl sites for hydroxylation is 1. The third-order valence-electron chi connectivity index (χ3n) is 2.54. The molecule has 0 saturated carbocycles. The maximum Gasteiger partial charge on any atom is 0.340 e. The van der Waals surface area contributed by atoms with Crippen LogP contribution in [0, 0.1) is 6.92 Å². The average molecular weight is 262 g/mol. The molecule has 92 valence electrons. The van der Waals surface area contributed by atoms with Gasteiger partial charge in [-0.1, -0.05) is 0 Å². The fourth-order valence-corrected chi connectivity index (χ4v) is 2.35. The summed E-state index contributed by atoms with van der Waals surface area (Å²) >= 11 is 1.43. The minimum Gasteiger partial charge on any atom is -0.478 e. The van der Waals surface area contributed by atoms with Crippen LogP contribution in [-0.2, 0) is 0 Å². The zero-order chi connectivity index (χ0) is 13.3. The van der Waals surface area contributed by atoms with Gasteiger partial charge >= 0.3 is 5.97 Å². The standard InChI is InChI=1S/C12H10N2O3S/c1-6-7(3-5-18-6)10(15)8-2-4-14-11(13)9(8)12(16)17/h2-5H,1H3,(H2,13,14)(H,16,17). The Morgan fingerprint density at radius 2 is 2.06 bits per heavy atom. The molecule has 0 fully saturated rings. The first-order valence-corrected chi connectivity index (χ1v) is 5.97. The van der Waals surface area contributed by atoms with E-state index in [-0.39, 0.29) is 22.7 Å². The predicted octanol–water partition coefficient (Wildman–Crippen LogP) is 1.96. The highest BCUT2D eigenvalue weighted by molar-refractivity contribution is 7.10. The highest BCUT2D eigenvalue weighted by atomic mass is 32.1. The molecule has 2 aromatic rings. The van der Waals surface area contributed by atoms with Crippen molar-refractivity contribution in [3.63, 3.8) is 0 Å². The van der Waals surface area contributed by atoms with Crippen molar-refractivity contribution in [1.82, 2.24) is 4.98 Å². The molecule has 0 aliphatic rings. The van der Waals surface area contributed by atoms with Gasteiger partial charge in [-0.05, 0) is 24.4 Å². The lowest BCUT2D eigenvalue weighted by atomic mass is 10.00. The monoisotopic (exact) mass is 262 g/mol. The maximum atomic E-state index is 12.3. The second-order valence-corrected chi connectivity index (χ2v) is 4.76. The van der Waals surface area contributed by atoms with Gasteiger partial charge < -0.3 is 10.8 Å². The lowest BCUT2D eigenvalue weighted by molar-refractivity contribution is 0.0693. The molecule has 0 amide bonds.